The van der Waals surface area contributed by atoms with Crippen LogP contribution in [0.15, 0.2) is 30.3 Å². The van der Waals surface area contributed by atoms with E-state index in [0.29, 0.717) is 24.9 Å². The van der Waals surface area contributed by atoms with E-state index < -0.39 is 77.1 Å². The molecule has 1 aliphatic carbocycles. The standard InChI is InChI=1S/C38H59N7O7/c1-12-13-19-24(29(47)32(49)39-20-25(46)41-27(33(50)44(10)11)22-17-15-14-16-18-22)40-31(48)28-26-23(38(26,8)9)21-45(28)34(51)30(36(2,3)4)42-35(52)43-37(5,6)7/h14-18,23-24,26-28,30H,12-13,19-21H2,1-11H3,(H,39,49)(H,40,48)(H,41,46)(H2,42,43,52)/t23?,24?,26?,27-,28-,30+/m0/s1. The average molecular weight is 726 g/mol. The summed E-state index contributed by atoms with van der Waals surface area (Å²) in [5.41, 5.74) is -0.909. The summed E-state index contributed by atoms with van der Waals surface area (Å²) < 4.78 is 0. The van der Waals surface area contributed by atoms with Gasteiger partial charge in [0.15, 0.2) is 0 Å². The molecular weight excluding hydrogens is 666 g/mol. The highest BCUT2D eigenvalue weighted by atomic mass is 16.2. The third-order valence-corrected chi connectivity index (χ3v) is 9.88. The van der Waals surface area contributed by atoms with Crippen molar-refractivity contribution in [2.75, 3.05) is 27.2 Å². The van der Waals surface area contributed by atoms with E-state index in [2.05, 4.69) is 26.6 Å². The molecule has 7 amide bonds. The van der Waals surface area contributed by atoms with Gasteiger partial charge in [-0.2, -0.15) is 0 Å². The van der Waals surface area contributed by atoms with Gasteiger partial charge in [-0.15, -0.1) is 0 Å². The van der Waals surface area contributed by atoms with Gasteiger partial charge in [0.2, 0.25) is 29.4 Å². The summed E-state index contributed by atoms with van der Waals surface area (Å²) >= 11 is 0. The summed E-state index contributed by atoms with van der Waals surface area (Å²) in [5.74, 6) is -4.12. The Kier molecular flexibility index (Phi) is 13.3. The fraction of sp³-hybridized carbons (Fsp3) is 0.658. The molecule has 0 bridgehead atoms. The van der Waals surface area contributed by atoms with Crippen LogP contribution in [0.25, 0.3) is 0 Å². The Bertz CT molecular complexity index is 1510. The Hall–Kier alpha value is -4.49. The summed E-state index contributed by atoms with van der Waals surface area (Å²) in [6.07, 6.45) is 1.39. The first-order valence-electron chi connectivity index (χ1n) is 18.1. The monoisotopic (exact) mass is 725 g/mol. The Morgan fingerprint density at radius 1 is 0.923 bits per heavy atom. The van der Waals surface area contributed by atoms with Crippen molar-refractivity contribution in [3.05, 3.63) is 35.9 Å². The van der Waals surface area contributed by atoms with Crippen LogP contribution >= 0.6 is 0 Å². The number of benzene rings is 1. The molecule has 3 rings (SSSR count). The molecule has 52 heavy (non-hydrogen) atoms. The van der Waals surface area contributed by atoms with Crippen LogP contribution in [-0.4, -0.2) is 102 Å². The summed E-state index contributed by atoms with van der Waals surface area (Å²) in [6.45, 7) is 16.7. The molecule has 1 aliphatic heterocycles. The van der Waals surface area contributed by atoms with Gasteiger partial charge in [-0.25, -0.2) is 4.79 Å². The number of unbranched alkanes of at least 4 members (excludes halogenated alkanes) is 1. The average Bonchev–Trinajstić information content (AvgIpc) is 3.35. The minimum Gasteiger partial charge on any atom is -0.347 e. The van der Waals surface area contributed by atoms with E-state index in [9.17, 15) is 33.6 Å². The first-order chi connectivity index (χ1) is 24.0. The topological polar surface area (TPSA) is 186 Å². The number of likely N-dealkylation sites (N-methyl/N-ethyl adjacent to an activating group) is 1. The quantitative estimate of drug-likeness (QED) is 0.182. The van der Waals surface area contributed by atoms with Gasteiger partial charge in [0.05, 0.1) is 12.6 Å². The van der Waals surface area contributed by atoms with Crippen LogP contribution in [0.4, 0.5) is 4.79 Å². The third kappa shape index (κ3) is 10.3. The largest absolute Gasteiger partial charge is 0.347 e. The van der Waals surface area contributed by atoms with Gasteiger partial charge in [0, 0.05) is 26.2 Å². The second-order valence-corrected chi connectivity index (χ2v) is 16.9. The molecule has 6 atom stereocenters. The maximum atomic E-state index is 14.2. The Morgan fingerprint density at radius 2 is 1.54 bits per heavy atom. The minimum absolute atomic E-state index is 0.0434. The van der Waals surface area contributed by atoms with Crippen molar-refractivity contribution >= 4 is 41.4 Å². The van der Waals surface area contributed by atoms with Crippen LogP contribution in [0, 0.1) is 22.7 Å². The normalized spacial score (nSPS) is 20.7. The number of nitrogens with zero attached hydrogens (tertiary/aromatic N) is 2. The van der Waals surface area contributed by atoms with E-state index in [0.717, 1.165) is 0 Å². The fourth-order valence-electron chi connectivity index (χ4n) is 6.88. The Balaban J connectivity index is 1.76. The zero-order chi connectivity index (χ0) is 39.3. The number of carbonyl (C=O) groups excluding carboxylic acids is 7. The highest BCUT2D eigenvalue weighted by Crippen LogP contribution is 2.65. The number of amides is 7. The van der Waals surface area contributed by atoms with Crippen LogP contribution in [0.3, 0.4) is 0 Å². The number of Topliss-reactive ketones (excluding diaryl/α,β-unsaturated/α-hetero) is 1. The van der Waals surface area contributed by atoms with Crippen molar-refractivity contribution in [2.45, 2.75) is 111 Å². The molecule has 1 aromatic rings. The zero-order valence-corrected chi connectivity index (χ0v) is 32.6. The van der Waals surface area contributed by atoms with Crippen LogP contribution < -0.4 is 26.6 Å². The third-order valence-electron chi connectivity index (χ3n) is 9.88. The smallest absolute Gasteiger partial charge is 0.315 e. The van der Waals surface area contributed by atoms with Crippen LogP contribution in [0.5, 0.6) is 0 Å². The molecule has 5 N–H and O–H groups in total. The lowest BCUT2D eigenvalue weighted by Crippen LogP contribution is -2.62. The maximum absolute atomic E-state index is 14.2. The van der Waals surface area contributed by atoms with Gasteiger partial charge in [-0.1, -0.05) is 84.7 Å². The Labute approximate surface area is 307 Å². The van der Waals surface area contributed by atoms with Crippen LogP contribution in [0.1, 0.15) is 93.2 Å². The second-order valence-electron chi connectivity index (χ2n) is 16.9. The lowest BCUT2D eigenvalue weighted by Gasteiger charge is -2.38. The van der Waals surface area contributed by atoms with Gasteiger partial charge < -0.3 is 36.4 Å². The number of piperidine rings is 1. The molecule has 1 saturated carbocycles. The molecule has 288 valence electrons. The first kappa shape index (κ1) is 41.9. The van der Waals surface area contributed by atoms with Crippen molar-refractivity contribution in [3.8, 4) is 0 Å². The SMILES string of the molecule is CCCCC(NC(=O)[C@@H]1C2C(CN1C(=O)[C@@H](NC(=O)NC(C)(C)C)C(C)(C)C)C2(C)C)C(=O)C(=O)NCC(=O)N[C@H](C(=O)N(C)C)c1ccccc1. The van der Waals surface area contributed by atoms with E-state index in [4.69, 9.17) is 0 Å². The van der Waals surface area contributed by atoms with Crippen molar-refractivity contribution < 1.29 is 33.6 Å². The predicted molar refractivity (Wildman–Crippen MR) is 196 cm³/mol. The molecule has 3 unspecified atom stereocenters. The molecular formula is C38H59N7O7. The molecule has 1 aromatic carbocycles. The predicted octanol–water partition coefficient (Wildman–Crippen LogP) is 2.29. The molecule has 14 heteroatoms. The molecule has 0 spiro atoms. The summed E-state index contributed by atoms with van der Waals surface area (Å²) in [5, 5.41) is 13.4. The van der Waals surface area contributed by atoms with Crippen molar-refractivity contribution in [2.24, 2.45) is 22.7 Å². The molecule has 1 heterocycles. The van der Waals surface area contributed by atoms with Gasteiger partial charge in [-0.3, -0.25) is 28.8 Å². The van der Waals surface area contributed by atoms with Gasteiger partial charge in [0.25, 0.3) is 5.91 Å². The lowest BCUT2D eigenvalue weighted by atomic mass is 9.85. The number of urea groups is 1. The molecule has 2 aliphatic rings. The molecule has 2 fully saturated rings. The summed E-state index contributed by atoms with van der Waals surface area (Å²) in [6, 6.07) is 4.08. The van der Waals surface area contributed by atoms with Crippen molar-refractivity contribution in [1.82, 2.24) is 36.4 Å². The van der Waals surface area contributed by atoms with Gasteiger partial charge in [-0.05, 0) is 55.4 Å². The van der Waals surface area contributed by atoms with E-state index >= 15 is 0 Å². The lowest BCUT2D eigenvalue weighted by molar-refractivity contribution is -0.145. The molecule has 0 aromatic heterocycles. The number of ketones is 1. The molecule has 14 nitrogen and oxygen atoms in total. The number of fused-ring (bicyclic) bond motifs is 1. The molecule has 0 radical (unpaired) electrons. The highest BCUT2D eigenvalue weighted by molar-refractivity contribution is 6.38. The van der Waals surface area contributed by atoms with E-state index in [1.807, 2.05) is 62.3 Å². The number of nitrogens with one attached hydrogen (secondary N) is 5. The number of likely N-dealkylation sites (tertiary alicyclic amines) is 1. The number of hydrogen-bond acceptors (Lipinski definition) is 7. The van der Waals surface area contributed by atoms with Gasteiger partial charge >= 0.3 is 6.03 Å². The summed E-state index contributed by atoms with van der Waals surface area (Å²) in [4.78, 5) is 96.4. The number of hydrogen-bond donors (Lipinski definition) is 5. The first-order valence-corrected chi connectivity index (χ1v) is 18.1. The number of carbonyl (C=O) groups is 7. The van der Waals surface area contributed by atoms with E-state index in [1.165, 1.54) is 9.80 Å². The highest BCUT2D eigenvalue weighted by Gasteiger charge is 2.70. The second kappa shape index (κ2) is 16.5. The van der Waals surface area contributed by atoms with E-state index in [-0.39, 0.29) is 29.6 Å². The van der Waals surface area contributed by atoms with Crippen LogP contribution in [0.2, 0.25) is 0 Å². The van der Waals surface area contributed by atoms with Crippen molar-refractivity contribution in [1.29, 1.82) is 0 Å². The van der Waals surface area contributed by atoms with Crippen molar-refractivity contribution in [3.63, 3.8) is 0 Å². The summed E-state index contributed by atoms with van der Waals surface area (Å²) in [7, 11) is 3.13. The van der Waals surface area contributed by atoms with E-state index in [1.54, 1.807) is 44.4 Å². The zero-order valence-electron chi connectivity index (χ0n) is 32.6. The number of rotatable bonds is 14. The maximum Gasteiger partial charge on any atom is 0.315 e. The Morgan fingerprint density at radius 3 is 2.08 bits per heavy atom. The van der Waals surface area contributed by atoms with Crippen LogP contribution in [-0.2, 0) is 28.8 Å². The van der Waals surface area contributed by atoms with Gasteiger partial charge in [0.1, 0.15) is 18.1 Å². The molecule has 1 saturated heterocycles. The minimum atomic E-state index is -1.20. The fourth-order valence-corrected chi connectivity index (χ4v) is 6.88.